The zero-order valence-electron chi connectivity index (χ0n) is 13.5. The number of hydrogen-bond donors (Lipinski definition) is 1. The molecule has 1 saturated heterocycles. The van der Waals surface area contributed by atoms with Crippen LogP contribution in [0.4, 0.5) is 10.1 Å². The zero-order chi connectivity index (χ0) is 15.4. The third-order valence-corrected chi connectivity index (χ3v) is 4.62. The molecule has 1 heterocycles. The molecule has 0 saturated carbocycles. The van der Waals surface area contributed by atoms with E-state index in [1.165, 1.54) is 19.4 Å². The Kier molecular flexibility index (Phi) is 5.59. The third-order valence-electron chi connectivity index (χ3n) is 4.62. The lowest BCUT2D eigenvalue weighted by Gasteiger charge is -2.29. The van der Waals surface area contributed by atoms with Crippen molar-refractivity contribution in [2.75, 3.05) is 32.1 Å². The fraction of sp³-hybridized carbons (Fsp3) is 0.647. The van der Waals surface area contributed by atoms with Crippen molar-refractivity contribution in [3.8, 4) is 0 Å². The smallest absolute Gasteiger partial charge is 0.123 e. The van der Waals surface area contributed by atoms with Gasteiger partial charge in [-0.15, -0.1) is 0 Å². The minimum absolute atomic E-state index is 0.0908. The molecule has 21 heavy (non-hydrogen) atoms. The number of hydrogen-bond acceptors (Lipinski definition) is 3. The van der Waals surface area contributed by atoms with E-state index in [9.17, 15) is 4.39 Å². The Hall–Kier alpha value is -1.13. The lowest BCUT2D eigenvalue weighted by atomic mass is 10.0. The molecular formula is C17H28FN3. The number of likely N-dealkylation sites (tertiary alicyclic amines) is 1. The van der Waals surface area contributed by atoms with E-state index in [1.807, 2.05) is 6.07 Å². The van der Waals surface area contributed by atoms with Crippen LogP contribution in [0.15, 0.2) is 18.2 Å². The lowest BCUT2D eigenvalue weighted by Crippen LogP contribution is -2.37. The van der Waals surface area contributed by atoms with Gasteiger partial charge in [0.25, 0.3) is 0 Å². The van der Waals surface area contributed by atoms with E-state index >= 15 is 0 Å². The van der Waals surface area contributed by atoms with E-state index < -0.39 is 0 Å². The molecule has 118 valence electrons. The Balaban J connectivity index is 2.13. The second-order valence-corrected chi connectivity index (χ2v) is 6.30. The van der Waals surface area contributed by atoms with Crippen LogP contribution in [0.3, 0.4) is 0 Å². The number of likely N-dealkylation sites (N-methyl/N-ethyl adjacent to an activating group) is 2. The van der Waals surface area contributed by atoms with E-state index in [0.29, 0.717) is 6.04 Å². The largest absolute Gasteiger partial charge is 0.373 e. The van der Waals surface area contributed by atoms with E-state index in [0.717, 1.165) is 30.6 Å². The number of anilines is 1. The minimum atomic E-state index is -0.177. The molecule has 0 spiro atoms. The van der Waals surface area contributed by atoms with Gasteiger partial charge in [0.2, 0.25) is 0 Å². The molecule has 1 aromatic carbocycles. The molecule has 2 unspecified atom stereocenters. The van der Waals surface area contributed by atoms with Crippen LogP contribution in [0.1, 0.15) is 31.7 Å². The molecule has 0 bridgehead atoms. The summed E-state index contributed by atoms with van der Waals surface area (Å²) in [6.45, 7) is 4.23. The average Bonchev–Trinajstić information content (AvgIpc) is 2.84. The quantitative estimate of drug-likeness (QED) is 0.875. The SMILES string of the molecule is CCC(N)Cc1cc(F)ccc1N(C)CC1CCCN1C. The van der Waals surface area contributed by atoms with Crippen molar-refractivity contribution in [3.05, 3.63) is 29.6 Å². The van der Waals surface area contributed by atoms with E-state index in [-0.39, 0.29) is 11.9 Å². The zero-order valence-corrected chi connectivity index (χ0v) is 13.5. The van der Waals surface area contributed by atoms with Gasteiger partial charge in [-0.05, 0) is 63.0 Å². The monoisotopic (exact) mass is 293 g/mol. The molecule has 2 atom stereocenters. The molecule has 2 N–H and O–H groups in total. The minimum Gasteiger partial charge on any atom is -0.373 e. The van der Waals surface area contributed by atoms with Crippen LogP contribution in [-0.2, 0) is 6.42 Å². The first-order valence-corrected chi connectivity index (χ1v) is 7.96. The number of nitrogens with two attached hydrogens (primary N) is 1. The van der Waals surface area contributed by atoms with Crippen LogP contribution in [0.5, 0.6) is 0 Å². The summed E-state index contributed by atoms with van der Waals surface area (Å²) >= 11 is 0. The second kappa shape index (κ2) is 7.23. The Morgan fingerprint density at radius 2 is 2.24 bits per heavy atom. The van der Waals surface area contributed by atoms with Gasteiger partial charge >= 0.3 is 0 Å². The summed E-state index contributed by atoms with van der Waals surface area (Å²) < 4.78 is 13.6. The molecular weight excluding hydrogens is 265 g/mol. The summed E-state index contributed by atoms with van der Waals surface area (Å²) in [5, 5.41) is 0. The summed E-state index contributed by atoms with van der Waals surface area (Å²) in [6, 6.07) is 5.76. The molecule has 1 fully saturated rings. The maximum absolute atomic E-state index is 13.6. The number of nitrogens with zero attached hydrogens (tertiary/aromatic N) is 2. The van der Waals surface area contributed by atoms with E-state index in [4.69, 9.17) is 5.73 Å². The first-order chi connectivity index (χ1) is 10.0. The molecule has 1 aliphatic heterocycles. The van der Waals surface area contributed by atoms with Crippen molar-refractivity contribution < 1.29 is 4.39 Å². The Bertz CT molecular complexity index is 463. The van der Waals surface area contributed by atoms with Crippen LogP contribution in [-0.4, -0.2) is 44.2 Å². The van der Waals surface area contributed by atoms with Gasteiger partial charge in [-0.3, -0.25) is 0 Å². The molecule has 1 aliphatic rings. The Labute approximate surface area is 127 Å². The van der Waals surface area contributed by atoms with Crippen LogP contribution in [0.2, 0.25) is 0 Å². The topological polar surface area (TPSA) is 32.5 Å². The highest BCUT2D eigenvalue weighted by atomic mass is 19.1. The number of rotatable bonds is 6. The molecule has 2 rings (SSSR count). The molecule has 3 nitrogen and oxygen atoms in total. The standard InChI is InChI=1S/C17H28FN3/c1-4-15(19)11-13-10-14(18)7-8-17(13)21(3)12-16-6-5-9-20(16)2/h7-8,10,15-16H,4-6,9,11-12,19H2,1-3H3. The van der Waals surface area contributed by atoms with Gasteiger partial charge in [0.15, 0.2) is 0 Å². The summed E-state index contributed by atoms with van der Waals surface area (Å²) in [5.41, 5.74) is 8.19. The van der Waals surface area contributed by atoms with Gasteiger partial charge < -0.3 is 15.5 Å². The van der Waals surface area contributed by atoms with Crippen LogP contribution >= 0.6 is 0 Å². The third kappa shape index (κ3) is 4.17. The average molecular weight is 293 g/mol. The fourth-order valence-corrected chi connectivity index (χ4v) is 3.14. The van der Waals surface area contributed by atoms with Gasteiger partial charge in [-0.1, -0.05) is 6.92 Å². The van der Waals surface area contributed by atoms with Gasteiger partial charge in [-0.25, -0.2) is 4.39 Å². The lowest BCUT2D eigenvalue weighted by molar-refractivity contribution is 0.314. The molecule has 0 amide bonds. The van der Waals surface area contributed by atoms with Crippen LogP contribution in [0.25, 0.3) is 0 Å². The van der Waals surface area contributed by atoms with Crippen molar-refractivity contribution in [3.63, 3.8) is 0 Å². The summed E-state index contributed by atoms with van der Waals surface area (Å²) in [5.74, 6) is -0.177. The first kappa shape index (κ1) is 16.2. The van der Waals surface area contributed by atoms with Crippen LogP contribution < -0.4 is 10.6 Å². The normalized spacial score (nSPS) is 20.7. The first-order valence-electron chi connectivity index (χ1n) is 7.96. The van der Waals surface area contributed by atoms with Gasteiger partial charge in [0, 0.05) is 31.4 Å². The molecule has 0 aromatic heterocycles. The fourth-order valence-electron chi connectivity index (χ4n) is 3.14. The second-order valence-electron chi connectivity index (χ2n) is 6.30. The van der Waals surface area contributed by atoms with Crippen molar-refractivity contribution in [1.82, 2.24) is 4.90 Å². The van der Waals surface area contributed by atoms with Crippen molar-refractivity contribution >= 4 is 5.69 Å². The Morgan fingerprint density at radius 3 is 2.86 bits per heavy atom. The highest BCUT2D eigenvalue weighted by molar-refractivity contribution is 5.53. The highest BCUT2D eigenvalue weighted by Crippen LogP contribution is 2.25. The summed E-state index contributed by atoms with van der Waals surface area (Å²) in [4.78, 5) is 4.67. The van der Waals surface area contributed by atoms with Crippen molar-refractivity contribution in [2.24, 2.45) is 5.73 Å². The molecule has 0 radical (unpaired) electrons. The predicted octanol–water partition coefficient (Wildman–Crippen LogP) is 2.64. The summed E-state index contributed by atoms with van der Waals surface area (Å²) in [7, 11) is 4.28. The number of benzene rings is 1. The van der Waals surface area contributed by atoms with Crippen molar-refractivity contribution in [2.45, 2.75) is 44.7 Å². The molecule has 0 aliphatic carbocycles. The maximum Gasteiger partial charge on any atom is 0.123 e. The van der Waals surface area contributed by atoms with Crippen LogP contribution in [0, 0.1) is 5.82 Å². The van der Waals surface area contributed by atoms with Gasteiger partial charge in [-0.2, -0.15) is 0 Å². The predicted molar refractivity (Wildman–Crippen MR) is 87.3 cm³/mol. The molecule has 1 aromatic rings. The maximum atomic E-state index is 13.6. The Morgan fingerprint density at radius 1 is 1.48 bits per heavy atom. The van der Waals surface area contributed by atoms with Gasteiger partial charge in [0.05, 0.1) is 0 Å². The summed E-state index contributed by atoms with van der Waals surface area (Å²) in [6.07, 6.45) is 4.15. The molecule has 4 heteroatoms. The van der Waals surface area contributed by atoms with Gasteiger partial charge in [0.1, 0.15) is 5.82 Å². The van der Waals surface area contributed by atoms with E-state index in [1.54, 1.807) is 12.1 Å². The van der Waals surface area contributed by atoms with Crippen molar-refractivity contribution in [1.29, 1.82) is 0 Å². The van der Waals surface area contributed by atoms with E-state index in [2.05, 4.69) is 30.8 Å². The number of halogens is 1. The highest BCUT2D eigenvalue weighted by Gasteiger charge is 2.23.